The molecule has 7 nitrogen and oxygen atoms in total. The van der Waals surface area contributed by atoms with Gasteiger partial charge >= 0.3 is 0 Å². The highest BCUT2D eigenvalue weighted by molar-refractivity contribution is 6.30. The number of fused-ring (bicyclic) bond motifs is 1. The van der Waals surface area contributed by atoms with Crippen molar-refractivity contribution >= 4 is 34.1 Å². The number of rotatable bonds is 8. The molecule has 0 spiro atoms. The minimum atomic E-state index is -0.218. The molecular formula is C19H19ClN4O3. The first-order valence-electron chi connectivity index (χ1n) is 8.50. The number of hydrogen-bond donors (Lipinski definition) is 3. The first-order valence-corrected chi connectivity index (χ1v) is 8.87. The Morgan fingerprint density at radius 1 is 1.07 bits per heavy atom. The lowest BCUT2D eigenvalue weighted by Crippen LogP contribution is -2.30. The van der Waals surface area contributed by atoms with Crippen molar-refractivity contribution in [2.45, 2.75) is 6.42 Å². The van der Waals surface area contributed by atoms with Crippen molar-refractivity contribution in [1.82, 2.24) is 15.5 Å². The standard InChI is InChI=1S/C19H19ClN4O3/c20-13-6-8-14(9-7-13)27-12-17(25)21-10-3-11-22-18-15-4-1-2-5-16(15)19(26)24-23-18/h1-2,4-9H,3,10-12H2,(H,21,25)(H,22,23)(H,24,26). The predicted molar refractivity (Wildman–Crippen MR) is 105 cm³/mol. The zero-order chi connectivity index (χ0) is 19.1. The van der Waals surface area contributed by atoms with Gasteiger partial charge in [-0.15, -0.1) is 0 Å². The van der Waals surface area contributed by atoms with E-state index in [9.17, 15) is 9.59 Å². The highest BCUT2D eigenvalue weighted by Crippen LogP contribution is 2.16. The zero-order valence-electron chi connectivity index (χ0n) is 14.5. The van der Waals surface area contributed by atoms with Crippen LogP contribution in [0, 0.1) is 0 Å². The van der Waals surface area contributed by atoms with Gasteiger partial charge in [-0.2, -0.15) is 5.10 Å². The van der Waals surface area contributed by atoms with Gasteiger partial charge < -0.3 is 15.4 Å². The molecule has 0 atom stereocenters. The van der Waals surface area contributed by atoms with Gasteiger partial charge in [0.15, 0.2) is 12.4 Å². The number of hydrogen-bond acceptors (Lipinski definition) is 5. The maximum absolute atomic E-state index is 11.8. The summed E-state index contributed by atoms with van der Waals surface area (Å²) in [7, 11) is 0. The molecule has 0 saturated carbocycles. The van der Waals surface area contributed by atoms with Crippen molar-refractivity contribution in [3.05, 3.63) is 63.9 Å². The lowest BCUT2D eigenvalue weighted by Gasteiger charge is -2.09. The summed E-state index contributed by atoms with van der Waals surface area (Å²) in [5.74, 6) is 1.01. The molecule has 0 unspecified atom stereocenters. The summed E-state index contributed by atoms with van der Waals surface area (Å²) in [6.45, 7) is 1.04. The predicted octanol–water partition coefficient (Wildman–Crippen LogP) is 2.57. The molecule has 0 bridgehead atoms. The molecular weight excluding hydrogens is 368 g/mol. The van der Waals surface area contributed by atoms with Crippen LogP contribution in [0.4, 0.5) is 5.82 Å². The Kier molecular flexibility index (Phi) is 6.27. The van der Waals surface area contributed by atoms with Gasteiger partial charge in [-0.25, -0.2) is 5.10 Å². The number of halogens is 1. The minimum absolute atomic E-state index is 0.0544. The molecule has 3 rings (SSSR count). The van der Waals surface area contributed by atoms with Crippen LogP contribution < -0.4 is 20.9 Å². The number of aromatic nitrogens is 2. The largest absolute Gasteiger partial charge is 0.484 e. The average Bonchev–Trinajstić information content (AvgIpc) is 2.69. The maximum atomic E-state index is 11.8. The van der Waals surface area contributed by atoms with E-state index in [0.29, 0.717) is 41.5 Å². The molecule has 3 N–H and O–H groups in total. The first kappa shape index (κ1) is 18.7. The third-order valence-electron chi connectivity index (χ3n) is 3.85. The van der Waals surface area contributed by atoms with E-state index in [4.69, 9.17) is 16.3 Å². The van der Waals surface area contributed by atoms with E-state index >= 15 is 0 Å². The smallest absolute Gasteiger partial charge is 0.272 e. The Balaban J connectivity index is 1.39. The fourth-order valence-electron chi connectivity index (χ4n) is 2.50. The van der Waals surface area contributed by atoms with Crippen LogP contribution in [0.1, 0.15) is 6.42 Å². The van der Waals surface area contributed by atoms with Gasteiger partial charge in [-0.1, -0.05) is 29.8 Å². The van der Waals surface area contributed by atoms with E-state index in [1.165, 1.54) is 0 Å². The fourth-order valence-corrected chi connectivity index (χ4v) is 2.63. The van der Waals surface area contributed by atoms with Crippen molar-refractivity contribution in [3.8, 4) is 5.75 Å². The number of anilines is 1. The normalized spacial score (nSPS) is 10.6. The number of H-pyrrole nitrogens is 1. The van der Waals surface area contributed by atoms with Crippen molar-refractivity contribution in [2.75, 3.05) is 25.0 Å². The molecule has 2 aromatic carbocycles. The summed E-state index contributed by atoms with van der Waals surface area (Å²) in [5, 5.41) is 14.4. The number of amides is 1. The van der Waals surface area contributed by atoms with Crippen LogP contribution in [-0.4, -0.2) is 35.8 Å². The van der Waals surface area contributed by atoms with Crippen LogP contribution in [-0.2, 0) is 4.79 Å². The molecule has 140 valence electrons. The van der Waals surface area contributed by atoms with E-state index < -0.39 is 0 Å². The molecule has 0 aliphatic heterocycles. The Morgan fingerprint density at radius 3 is 2.59 bits per heavy atom. The fraction of sp³-hybridized carbons (Fsp3) is 0.211. The Bertz CT molecular complexity index is 973. The average molecular weight is 387 g/mol. The molecule has 8 heteroatoms. The van der Waals surface area contributed by atoms with Crippen molar-refractivity contribution in [3.63, 3.8) is 0 Å². The summed E-state index contributed by atoms with van der Waals surface area (Å²) in [6.07, 6.45) is 0.696. The number of carbonyl (C=O) groups excluding carboxylic acids is 1. The second-order valence-corrected chi connectivity index (χ2v) is 6.26. The monoisotopic (exact) mass is 386 g/mol. The van der Waals surface area contributed by atoms with Gasteiger partial charge in [0.05, 0.1) is 5.39 Å². The van der Waals surface area contributed by atoms with E-state index in [1.807, 2.05) is 18.2 Å². The van der Waals surface area contributed by atoms with Gasteiger partial charge in [0.1, 0.15) is 5.75 Å². The Labute approximate surface area is 160 Å². The van der Waals surface area contributed by atoms with Crippen molar-refractivity contribution in [1.29, 1.82) is 0 Å². The molecule has 1 amide bonds. The summed E-state index contributed by atoms with van der Waals surface area (Å²) in [5.41, 5.74) is -0.218. The third-order valence-corrected chi connectivity index (χ3v) is 4.10. The second-order valence-electron chi connectivity index (χ2n) is 5.82. The summed E-state index contributed by atoms with van der Waals surface area (Å²) < 4.78 is 5.38. The first-order chi connectivity index (χ1) is 13.1. The SMILES string of the molecule is O=C(COc1ccc(Cl)cc1)NCCCNc1n[nH]c(=O)c2ccccc12. The van der Waals surface area contributed by atoms with E-state index in [-0.39, 0.29) is 18.1 Å². The topological polar surface area (TPSA) is 96.1 Å². The number of carbonyl (C=O) groups is 1. The van der Waals surface area contributed by atoms with Crippen LogP contribution in [0.15, 0.2) is 53.3 Å². The van der Waals surface area contributed by atoms with E-state index in [0.717, 1.165) is 5.39 Å². The summed E-state index contributed by atoms with van der Waals surface area (Å²) >= 11 is 5.79. The van der Waals surface area contributed by atoms with Crippen LogP contribution in [0.5, 0.6) is 5.75 Å². The number of benzene rings is 2. The zero-order valence-corrected chi connectivity index (χ0v) is 15.3. The van der Waals surface area contributed by atoms with Crippen molar-refractivity contribution < 1.29 is 9.53 Å². The van der Waals surface area contributed by atoms with Crippen LogP contribution in [0.3, 0.4) is 0 Å². The van der Waals surface area contributed by atoms with Gasteiger partial charge in [0.25, 0.3) is 11.5 Å². The molecule has 0 fully saturated rings. The highest BCUT2D eigenvalue weighted by atomic mass is 35.5. The quantitative estimate of drug-likeness (QED) is 0.517. The molecule has 3 aromatic rings. The number of nitrogens with zero attached hydrogens (tertiary/aromatic N) is 1. The Hall–Kier alpha value is -3.06. The van der Waals surface area contributed by atoms with Gasteiger partial charge in [0, 0.05) is 23.5 Å². The van der Waals surface area contributed by atoms with E-state index in [1.54, 1.807) is 30.3 Å². The molecule has 1 heterocycles. The van der Waals surface area contributed by atoms with Crippen LogP contribution in [0.25, 0.3) is 10.8 Å². The molecule has 0 radical (unpaired) electrons. The summed E-state index contributed by atoms with van der Waals surface area (Å²) in [4.78, 5) is 23.5. The second kappa shape index (κ2) is 9.05. The number of nitrogens with one attached hydrogen (secondary N) is 3. The lowest BCUT2D eigenvalue weighted by atomic mass is 10.2. The lowest BCUT2D eigenvalue weighted by molar-refractivity contribution is -0.123. The number of aromatic amines is 1. The molecule has 0 aliphatic rings. The molecule has 0 aliphatic carbocycles. The molecule has 0 saturated heterocycles. The Morgan fingerprint density at radius 2 is 1.81 bits per heavy atom. The molecule has 27 heavy (non-hydrogen) atoms. The van der Waals surface area contributed by atoms with Crippen LogP contribution in [0.2, 0.25) is 5.02 Å². The number of ether oxygens (including phenoxy) is 1. The van der Waals surface area contributed by atoms with Gasteiger partial charge in [-0.05, 0) is 36.8 Å². The van der Waals surface area contributed by atoms with Gasteiger partial charge in [0.2, 0.25) is 0 Å². The third kappa shape index (κ3) is 5.21. The molecule has 1 aromatic heterocycles. The van der Waals surface area contributed by atoms with Gasteiger partial charge in [-0.3, -0.25) is 9.59 Å². The maximum Gasteiger partial charge on any atom is 0.272 e. The highest BCUT2D eigenvalue weighted by Gasteiger charge is 2.05. The van der Waals surface area contributed by atoms with E-state index in [2.05, 4.69) is 20.8 Å². The minimum Gasteiger partial charge on any atom is -0.484 e. The summed E-state index contributed by atoms with van der Waals surface area (Å²) in [6, 6.07) is 14.1. The van der Waals surface area contributed by atoms with Crippen LogP contribution >= 0.6 is 11.6 Å². The van der Waals surface area contributed by atoms with Crippen molar-refractivity contribution in [2.24, 2.45) is 0 Å².